The van der Waals surface area contributed by atoms with Crippen LogP contribution in [-0.4, -0.2) is 45.1 Å². The van der Waals surface area contributed by atoms with Crippen molar-refractivity contribution < 1.29 is 9.47 Å². The Kier molecular flexibility index (Phi) is 5.08. The van der Waals surface area contributed by atoms with Gasteiger partial charge in [0.05, 0.1) is 19.3 Å². The van der Waals surface area contributed by atoms with Gasteiger partial charge in [-0.1, -0.05) is 28.1 Å². The molecular weight excluding hydrogens is 360 g/mol. The second-order valence-corrected chi connectivity index (χ2v) is 7.12. The average molecular weight is 381 g/mol. The maximum absolute atomic E-state index is 6.15. The SMILES string of the molecule is CC(C)OC1(Cn2nnnc2Cc2ccc(Br)cc2)CCOC1. The van der Waals surface area contributed by atoms with Crippen molar-refractivity contribution in [2.75, 3.05) is 13.2 Å². The number of hydrogen-bond donors (Lipinski definition) is 0. The lowest BCUT2D eigenvalue weighted by molar-refractivity contribution is -0.0935. The Morgan fingerprint density at radius 2 is 2.13 bits per heavy atom. The van der Waals surface area contributed by atoms with Gasteiger partial charge in [0.1, 0.15) is 5.60 Å². The fraction of sp³-hybridized carbons (Fsp3) is 0.562. The standard InChI is InChI=1S/C16H21BrN4O2/c1-12(2)23-16(7-8-22-11-16)10-21-15(18-19-20-21)9-13-3-5-14(17)6-4-13/h3-6,12H,7-11H2,1-2H3. The molecule has 1 aromatic carbocycles. The zero-order chi connectivity index (χ0) is 16.3. The molecule has 1 aliphatic rings. The fourth-order valence-corrected chi connectivity index (χ4v) is 3.14. The van der Waals surface area contributed by atoms with E-state index in [0.29, 0.717) is 19.6 Å². The Morgan fingerprint density at radius 3 is 2.78 bits per heavy atom. The number of rotatable bonds is 6. The topological polar surface area (TPSA) is 62.1 Å². The van der Waals surface area contributed by atoms with Crippen LogP contribution in [0.25, 0.3) is 0 Å². The van der Waals surface area contributed by atoms with Gasteiger partial charge in [0.15, 0.2) is 5.82 Å². The monoisotopic (exact) mass is 380 g/mol. The quantitative estimate of drug-likeness (QED) is 0.770. The summed E-state index contributed by atoms with van der Waals surface area (Å²) in [5.74, 6) is 0.839. The molecule has 6 nitrogen and oxygen atoms in total. The molecule has 23 heavy (non-hydrogen) atoms. The molecule has 0 bridgehead atoms. The third-order valence-corrected chi connectivity index (χ3v) is 4.40. The Labute approximate surface area is 144 Å². The van der Waals surface area contributed by atoms with Crippen molar-refractivity contribution in [1.29, 1.82) is 0 Å². The van der Waals surface area contributed by atoms with E-state index in [1.807, 2.05) is 30.7 Å². The number of aromatic nitrogens is 4. The Hall–Kier alpha value is -1.31. The smallest absolute Gasteiger partial charge is 0.155 e. The summed E-state index contributed by atoms with van der Waals surface area (Å²) in [6.07, 6.45) is 1.70. The first kappa shape index (κ1) is 16.5. The van der Waals surface area contributed by atoms with Crippen LogP contribution in [0.15, 0.2) is 28.7 Å². The molecule has 0 spiro atoms. The first-order chi connectivity index (χ1) is 11.1. The Morgan fingerprint density at radius 1 is 1.35 bits per heavy atom. The maximum atomic E-state index is 6.15. The molecule has 2 aromatic rings. The fourth-order valence-electron chi connectivity index (χ4n) is 2.87. The third-order valence-electron chi connectivity index (χ3n) is 3.87. The van der Waals surface area contributed by atoms with Crippen molar-refractivity contribution in [2.45, 2.75) is 44.9 Å². The molecule has 2 heterocycles. The first-order valence-corrected chi connectivity index (χ1v) is 8.61. The van der Waals surface area contributed by atoms with Crippen molar-refractivity contribution >= 4 is 15.9 Å². The van der Waals surface area contributed by atoms with Crippen molar-refractivity contribution in [2.24, 2.45) is 0 Å². The summed E-state index contributed by atoms with van der Waals surface area (Å²) in [7, 11) is 0. The van der Waals surface area contributed by atoms with Crippen molar-refractivity contribution in [3.63, 3.8) is 0 Å². The van der Waals surface area contributed by atoms with Gasteiger partial charge < -0.3 is 9.47 Å². The van der Waals surface area contributed by atoms with Crippen LogP contribution in [0.1, 0.15) is 31.7 Å². The van der Waals surface area contributed by atoms with Gasteiger partial charge in [0.2, 0.25) is 0 Å². The van der Waals surface area contributed by atoms with Crippen molar-refractivity contribution in [3.8, 4) is 0 Å². The van der Waals surface area contributed by atoms with Gasteiger partial charge in [-0.15, -0.1) is 5.10 Å². The summed E-state index contributed by atoms with van der Waals surface area (Å²) in [4.78, 5) is 0. The van der Waals surface area contributed by atoms with Crippen LogP contribution in [0.2, 0.25) is 0 Å². The number of ether oxygens (including phenoxy) is 2. The van der Waals surface area contributed by atoms with Gasteiger partial charge in [-0.25, -0.2) is 4.68 Å². The maximum Gasteiger partial charge on any atom is 0.155 e. The molecule has 1 aromatic heterocycles. The molecule has 0 N–H and O–H groups in total. The van der Waals surface area contributed by atoms with Crippen LogP contribution in [0, 0.1) is 0 Å². The molecule has 1 saturated heterocycles. The van der Waals surface area contributed by atoms with E-state index >= 15 is 0 Å². The van der Waals surface area contributed by atoms with E-state index in [9.17, 15) is 0 Å². The molecule has 0 aliphatic carbocycles. The summed E-state index contributed by atoms with van der Waals surface area (Å²) in [5.41, 5.74) is 0.837. The average Bonchev–Trinajstić information content (AvgIpc) is 3.12. The lowest BCUT2D eigenvalue weighted by atomic mass is 10.0. The third kappa shape index (κ3) is 4.16. The normalized spacial score (nSPS) is 21.2. The summed E-state index contributed by atoms with van der Waals surface area (Å²) < 4.78 is 14.6. The molecule has 124 valence electrons. The largest absolute Gasteiger partial charge is 0.378 e. The van der Waals surface area contributed by atoms with E-state index in [0.717, 1.165) is 23.3 Å². The molecular formula is C16H21BrN4O2. The van der Waals surface area contributed by atoms with Gasteiger partial charge in [-0.2, -0.15) is 0 Å². The van der Waals surface area contributed by atoms with Crippen molar-refractivity contribution in [3.05, 3.63) is 40.1 Å². The summed E-state index contributed by atoms with van der Waals surface area (Å²) in [6.45, 7) is 6.01. The molecule has 1 aliphatic heterocycles. The van der Waals surface area contributed by atoms with E-state index in [1.54, 1.807) is 0 Å². The van der Waals surface area contributed by atoms with Crippen LogP contribution < -0.4 is 0 Å². The molecule has 0 radical (unpaired) electrons. The molecule has 1 atom stereocenters. The lowest BCUT2D eigenvalue weighted by Gasteiger charge is -2.30. The highest BCUT2D eigenvalue weighted by atomic mass is 79.9. The summed E-state index contributed by atoms with van der Waals surface area (Å²) >= 11 is 3.45. The zero-order valence-electron chi connectivity index (χ0n) is 13.4. The highest BCUT2D eigenvalue weighted by Crippen LogP contribution is 2.27. The molecule has 0 saturated carbocycles. The second-order valence-electron chi connectivity index (χ2n) is 6.21. The van der Waals surface area contributed by atoms with Gasteiger partial charge in [-0.05, 0) is 42.0 Å². The predicted octanol–water partition coefficient (Wildman–Crippen LogP) is 2.61. The number of tetrazole rings is 1. The van der Waals surface area contributed by atoms with E-state index in [2.05, 4.69) is 43.6 Å². The minimum atomic E-state index is -0.335. The van der Waals surface area contributed by atoms with Crippen LogP contribution in [0.5, 0.6) is 0 Å². The summed E-state index contributed by atoms with van der Waals surface area (Å²) in [5, 5.41) is 12.2. The van der Waals surface area contributed by atoms with E-state index in [1.165, 1.54) is 5.56 Å². The van der Waals surface area contributed by atoms with Crippen LogP contribution in [0.3, 0.4) is 0 Å². The highest BCUT2D eigenvalue weighted by molar-refractivity contribution is 9.10. The molecule has 3 rings (SSSR count). The predicted molar refractivity (Wildman–Crippen MR) is 89.2 cm³/mol. The zero-order valence-corrected chi connectivity index (χ0v) is 15.0. The number of hydrogen-bond acceptors (Lipinski definition) is 5. The highest BCUT2D eigenvalue weighted by Gasteiger charge is 2.38. The van der Waals surface area contributed by atoms with Crippen LogP contribution in [-0.2, 0) is 22.4 Å². The molecule has 1 fully saturated rings. The number of nitrogens with zero attached hydrogens (tertiary/aromatic N) is 4. The summed E-state index contributed by atoms with van der Waals surface area (Å²) in [6, 6.07) is 8.19. The molecule has 7 heteroatoms. The Bertz CT molecular complexity index is 636. The van der Waals surface area contributed by atoms with Gasteiger partial charge in [0, 0.05) is 23.9 Å². The first-order valence-electron chi connectivity index (χ1n) is 7.81. The minimum Gasteiger partial charge on any atom is -0.378 e. The van der Waals surface area contributed by atoms with Crippen LogP contribution >= 0.6 is 15.9 Å². The second kappa shape index (κ2) is 7.07. The minimum absolute atomic E-state index is 0.142. The van der Waals surface area contributed by atoms with Crippen molar-refractivity contribution in [1.82, 2.24) is 20.2 Å². The van der Waals surface area contributed by atoms with Crippen LogP contribution in [0.4, 0.5) is 0 Å². The van der Waals surface area contributed by atoms with Gasteiger partial charge in [0.25, 0.3) is 0 Å². The van der Waals surface area contributed by atoms with E-state index in [-0.39, 0.29) is 11.7 Å². The van der Waals surface area contributed by atoms with E-state index in [4.69, 9.17) is 9.47 Å². The molecule has 1 unspecified atom stereocenters. The Balaban J connectivity index is 1.76. The van der Waals surface area contributed by atoms with Gasteiger partial charge >= 0.3 is 0 Å². The van der Waals surface area contributed by atoms with E-state index < -0.39 is 0 Å². The number of benzene rings is 1. The molecule has 0 amide bonds. The lowest BCUT2D eigenvalue weighted by Crippen LogP contribution is -2.41. The number of halogens is 1. The van der Waals surface area contributed by atoms with Gasteiger partial charge in [-0.3, -0.25) is 0 Å².